The van der Waals surface area contributed by atoms with Crippen LogP contribution in [0.15, 0.2) is 34.7 Å². The first-order valence-electron chi connectivity index (χ1n) is 11.7. The summed E-state index contributed by atoms with van der Waals surface area (Å²) in [6, 6.07) is 7.28. The summed E-state index contributed by atoms with van der Waals surface area (Å²) in [7, 11) is 0. The highest BCUT2D eigenvalue weighted by molar-refractivity contribution is 5.95. The van der Waals surface area contributed by atoms with Crippen LogP contribution in [0.1, 0.15) is 66.9 Å². The lowest BCUT2D eigenvalue weighted by molar-refractivity contribution is -0.139. The molecule has 0 aliphatic rings. The van der Waals surface area contributed by atoms with Crippen molar-refractivity contribution in [3.05, 3.63) is 58.6 Å². The fourth-order valence-electron chi connectivity index (χ4n) is 3.44. The van der Waals surface area contributed by atoms with Crippen LogP contribution < -0.4 is 21.7 Å². The Labute approximate surface area is 209 Å². The summed E-state index contributed by atoms with van der Waals surface area (Å²) in [6.45, 7) is 6.03. The summed E-state index contributed by atoms with van der Waals surface area (Å²) in [4.78, 5) is 41.2. The lowest BCUT2D eigenvalue weighted by Gasteiger charge is -2.18. The quantitative estimate of drug-likeness (QED) is 0.138. The van der Waals surface area contributed by atoms with Crippen molar-refractivity contribution >= 4 is 23.9 Å². The number of amides is 3. The maximum atomic E-state index is 12.8. The molecule has 0 saturated heterocycles. The predicted molar refractivity (Wildman–Crippen MR) is 134 cm³/mol. The third-order valence-electron chi connectivity index (χ3n) is 5.17. The number of nitrogens with zero attached hydrogens (tertiary/aromatic N) is 2. The number of aromatic nitrogens is 1. The van der Waals surface area contributed by atoms with E-state index in [1.807, 2.05) is 44.2 Å². The minimum Gasteiger partial charge on any atom is -0.480 e. The highest BCUT2D eigenvalue weighted by Gasteiger charge is 2.27. The number of oxazole rings is 1. The van der Waals surface area contributed by atoms with Crippen LogP contribution in [0.25, 0.3) is 5.32 Å². The van der Waals surface area contributed by atoms with E-state index < -0.39 is 30.0 Å². The van der Waals surface area contributed by atoms with Gasteiger partial charge >= 0.3 is 12.0 Å². The van der Waals surface area contributed by atoms with Gasteiger partial charge in [0.2, 0.25) is 5.89 Å². The fraction of sp³-hybridized carbons (Fsp3) is 0.458. The van der Waals surface area contributed by atoms with E-state index in [2.05, 4.69) is 26.3 Å². The third-order valence-corrected chi connectivity index (χ3v) is 5.17. The molecule has 0 saturated carbocycles. The molecule has 0 fully saturated rings. The van der Waals surface area contributed by atoms with E-state index in [4.69, 9.17) is 15.6 Å². The average molecular weight is 501 g/mol. The van der Waals surface area contributed by atoms with E-state index in [0.717, 1.165) is 5.56 Å². The molecule has 1 aromatic carbocycles. The molecule has 0 spiro atoms. The molecule has 196 valence electrons. The normalized spacial score (nSPS) is 12.4. The van der Waals surface area contributed by atoms with Gasteiger partial charge in [0.25, 0.3) is 5.91 Å². The summed E-state index contributed by atoms with van der Waals surface area (Å²) < 4.78 is 5.72. The summed E-state index contributed by atoms with van der Waals surface area (Å²) in [5.74, 6) is -1.69. The smallest absolute Gasteiger partial charge is 0.326 e. The van der Waals surface area contributed by atoms with Gasteiger partial charge in [0.15, 0.2) is 5.69 Å². The summed E-state index contributed by atoms with van der Waals surface area (Å²) >= 11 is 0. The number of benzene rings is 1. The summed E-state index contributed by atoms with van der Waals surface area (Å²) in [5, 5.41) is 28.3. The van der Waals surface area contributed by atoms with Gasteiger partial charge in [-0.3, -0.25) is 4.79 Å². The number of nitrogens with one attached hydrogen (secondary N) is 4. The second-order valence-electron chi connectivity index (χ2n) is 8.73. The van der Waals surface area contributed by atoms with Crippen molar-refractivity contribution < 1.29 is 23.9 Å². The minimum absolute atomic E-state index is 0.0510. The van der Waals surface area contributed by atoms with Crippen molar-refractivity contribution in [2.24, 2.45) is 11.7 Å². The van der Waals surface area contributed by atoms with Crippen LogP contribution in [-0.2, 0) is 11.3 Å². The Hall–Kier alpha value is -4.09. The lowest BCUT2D eigenvalue weighted by atomic mass is 10.0. The molecule has 1 unspecified atom stereocenters. The van der Waals surface area contributed by atoms with Crippen LogP contribution >= 0.6 is 0 Å². The molecule has 7 N–H and O–H groups in total. The van der Waals surface area contributed by atoms with Crippen LogP contribution in [0.3, 0.4) is 0 Å². The number of carbonyl (C=O) groups is 3. The molecule has 2 aromatic rings. The molecular weight excluding hydrogens is 466 g/mol. The Morgan fingerprint density at radius 3 is 2.50 bits per heavy atom. The molecule has 0 radical (unpaired) electrons. The van der Waals surface area contributed by atoms with Gasteiger partial charge < -0.3 is 41.9 Å². The number of aryl methyl sites for hydroxylation is 1. The van der Waals surface area contributed by atoms with E-state index in [1.165, 1.54) is 0 Å². The molecule has 36 heavy (non-hydrogen) atoms. The molecule has 1 aromatic heterocycles. The van der Waals surface area contributed by atoms with Crippen LogP contribution in [0.5, 0.6) is 0 Å². The Bertz CT molecular complexity index is 1040. The highest BCUT2D eigenvalue weighted by atomic mass is 16.4. The maximum absolute atomic E-state index is 12.8. The van der Waals surface area contributed by atoms with E-state index in [0.29, 0.717) is 19.4 Å². The van der Waals surface area contributed by atoms with Crippen LogP contribution in [0.2, 0.25) is 0 Å². The zero-order valence-electron chi connectivity index (χ0n) is 20.7. The molecular formula is C24H34N7O5-. The van der Waals surface area contributed by atoms with E-state index >= 15 is 0 Å². The first kappa shape index (κ1) is 28.1. The van der Waals surface area contributed by atoms with E-state index in [9.17, 15) is 19.5 Å². The number of carboxylic acid groups (broad SMARTS) is 1. The largest absolute Gasteiger partial charge is 0.480 e. The van der Waals surface area contributed by atoms with Gasteiger partial charge in [0, 0.05) is 6.54 Å². The number of rotatable bonds is 13. The van der Waals surface area contributed by atoms with E-state index in [1.54, 1.807) is 6.92 Å². The molecule has 2 rings (SSSR count). The highest BCUT2D eigenvalue weighted by Crippen LogP contribution is 2.23. The fourth-order valence-corrected chi connectivity index (χ4v) is 3.44. The van der Waals surface area contributed by atoms with Crippen molar-refractivity contribution in [2.45, 2.75) is 58.7 Å². The lowest BCUT2D eigenvalue weighted by Crippen LogP contribution is -2.41. The molecule has 0 aliphatic heterocycles. The Balaban J connectivity index is 2.06. The number of hydrogen-bond acceptors (Lipinski definition) is 6. The topological polar surface area (TPSA) is 198 Å². The maximum Gasteiger partial charge on any atom is 0.326 e. The van der Waals surface area contributed by atoms with Crippen LogP contribution in [-0.4, -0.2) is 46.5 Å². The number of carbonyl (C=O) groups excluding carboxylic acids is 2. The SMILES string of the molecule is Cc1oc(C(CC(C)C)NC(=O)NCc2ccccc2)nc1C(=O)N[C@@H](CCC[N-]C(=N)N)C(=O)O. The second kappa shape index (κ2) is 13.7. The summed E-state index contributed by atoms with van der Waals surface area (Å²) in [6.07, 6.45) is 0.927. The standard InChI is InChI=1S/C24H35N7O5/c1-14(2)12-18(30-24(35)28-13-16-8-5-4-6-9-16)21-31-19(15(3)36-21)20(32)29-17(22(33)34)10-7-11-27-23(25)26/h4-6,8-9,14,17-18H,7,10-13H2,1-3H3,(H8,25,26,27,28,29,30,32,33,34,35)/p-1/t17-,18?/m0/s1. The average Bonchev–Trinajstić information content (AvgIpc) is 3.21. The van der Waals surface area contributed by atoms with Gasteiger partial charge in [-0.05, 0) is 50.2 Å². The molecule has 1 heterocycles. The van der Waals surface area contributed by atoms with Crippen molar-refractivity contribution in [3.63, 3.8) is 0 Å². The Morgan fingerprint density at radius 2 is 1.89 bits per heavy atom. The zero-order chi connectivity index (χ0) is 26.7. The van der Waals surface area contributed by atoms with Gasteiger partial charge in [0.1, 0.15) is 17.8 Å². The molecule has 12 heteroatoms. The molecule has 0 aliphatic carbocycles. The van der Waals surface area contributed by atoms with Crippen molar-refractivity contribution in [2.75, 3.05) is 6.54 Å². The molecule has 2 atom stereocenters. The van der Waals surface area contributed by atoms with Gasteiger partial charge in [-0.1, -0.05) is 44.2 Å². The van der Waals surface area contributed by atoms with Gasteiger partial charge in [-0.15, -0.1) is 0 Å². The second-order valence-corrected chi connectivity index (χ2v) is 8.73. The minimum atomic E-state index is -1.21. The van der Waals surface area contributed by atoms with Crippen molar-refractivity contribution in [1.82, 2.24) is 20.9 Å². The number of carboxylic acids is 1. The van der Waals surface area contributed by atoms with Crippen molar-refractivity contribution in [1.29, 1.82) is 5.41 Å². The predicted octanol–water partition coefficient (Wildman–Crippen LogP) is 2.80. The number of guanidine groups is 1. The number of hydrogen-bond donors (Lipinski definition) is 6. The monoisotopic (exact) mass is 500 g/mol. The first-order valence-corrected chi connectivity index (χ1v) is 11.7. The van der Waals surface area contributed by atoms with E-state index in [-0.39, 0.29) is 42.2 Å². The number of aliphatic carboxylic acids is 1. The summed E-state index contributed by atoms with van der Waals surface area (Å²) in [5.41, 5.74) is 6.05. The van der Waals surface area contributed by atoms with Crippen LogP contribution in [0.4, 0.5) is 4.79 Å². The Kier molecular flexibility index (Phi) is 10.7. The van der Waals surface area contributed by atoms with Crippen LogP contribution in [0, 0.1) is 18.3 Å². The van der Waals surface area contributed by atoms with Crippen molar-refractivity contribution in [3.8, 4) is 0 Å². The van der Waals surface area contributed by atoms with Gasteiger partial charge in [0.05, 0.1) is 0 Å². The molecule has 12 nitrogen and oxygen atoms in total. The molecule has 3 amide bonds. The van der Waals surface area contributed by atoms with Gasteiger partial charge in [-0.2, -0.15) is 0 Å². The molecule has 0 bridgehead atoms. The first-order chi connectivity index (χ1) is 17.1. The number of urea groups is 1. The third kappa shape index (κ3) is 9.28. The Morgan fingerprint density at radius 1 is 1.19 bits per heavy atom. The van der Waals surface area contributed by atoms with Gasteiger partial charge in [-0.25, -0.2) is 14.6 Å². The zero-order valence-corrected chi connectivity index (χ0v) is 20.7. The number of nitrogens with two attached hydrogens (primary N) is 1.